The molecule has 1 saturated heterocycles. The van der Waals surface area contributed by atoms with Gasteiger partial charge in [0.2, 0.25) is 0 Å². The van der Waals surface area contributed by atoms with Crippen molar-refractivity contribution in [2.24, 2.45) is 0 Å². The van der Waals surface area contributed by atoms with E-state index < -0.39 is 0 Å². The Morgan fingerprint density at radius 1 is 1.21 bits per heavy atom. The number of aromatic nitrogens is 1. The van der Waals surface area contributed by atoms with Gasteiger partial charge in [-0.15, -0.1) is 0 Å². The zero-order valence-electron chi connectivity index (χ0n) is 11.4. The van der Waals surface area contributed by atoms with Gasteiger partial charge in [0.1, 0.15) is 0 Å². The molecular formula is C17H20N2. The lowest BCUT2D eigenvalue weighted by Gasteiger charge is -2.24. The number of likely N-dealkylation sites (tertiary alicyclic amines) is 1. The van der Waals surface area contributed by atoms with Gasteiger partial charge in [0.05, 0.1) is 11.7 Å². The van der Waals surface area contributed by atoms with E-state index in [4.69, 9.17) is 0 Å². The first-order valence-electron chi connectivity index (χ1n) is 7.03. The minimum Gasteiger partial charge on any atom is -0.291 e. The molecule has 1 aromatic heterocycles. The van der Waals surface area contributed by atoms with Gasteiger partial charge in [-0.05, 0) is 49.6 Å². The highest BCUT2D eigenvalue weighted by molar-refractivity contribution is 5.20. The second-order valence-electron chi connectivity index (χ2n) is 5.37. The first kappa shape index (κ1) is 12.4. The highest BCUT2D eigenvalue weighted by Crippen LogP contribution is 2.32. The maximum atomic E-state index is 4.57. The summed E-state index contributed by atoms with van der Waals surface area (Å²) in [5.74, 6) is 0. The summed E-state index contributed by atoms with van der Waals surface area (Å²) in [5.41, 5.74) is 3.92. The van der Waals surface area contributed by atoms with Crippen molar-refractivity contribution in [3.05, 3.63) is 65.5 Å². The van der Waals surface area contributed by atoms with Crippen LogP contribution in [0, 0.1) is 6.92 Å². The van der Waals surface area contributed by atoms with Crippen molar-refractivity contribution in [3.63, 3.8) is 0 Å². The summed E-state index contributed by atoms with van der Waals surface area (Å²) in [6.45, 7) is 4.35. The number of rotatable bonds is 3. The molecule has 3 rings (SSSR count). The van der Waals surface area contributed by atoms with E-state index in [0.717, 1.165) is 6.54 Å². The van der Waals surface area contributed by atoms with Crippen LogP contribution in [-0.2, 0) is 6.54 Å². The van der Waals surface area contributed by atoms with E-state index in [2.05, 4.69) is 59.3 Å². The number of benzene rings is 1. The van der Waals surface area contributed by atoms with Crippen LogP contribution >= 0.6 is 0 Å². The third kappa shape index (κ3) is 2.85. The van der Waals surface area contributed by atoms with Gasteiger partial charge in [-0.2, -0.15) is 0 Å². The van der Waals surface area contributed by atoms with Crippen LogP contribution in [0.1, 0.15) is 35.7 Å². The molecule has 1 atom stereocenters. The fourth-order valence-corrected chi connectivity index (χ4v) is 2.91. The number of nitrogens with zero attached hydrogens (tertiary/aromatic N) is 2. The van der Waals surface area contributed by atoms with Crippen LogP contribution in [0.15, 0.2) is 48.7 Å². The predicted molar refractivity (Wildman–Crippen MR) is 77.8 cm³/mol. The molecule has 98 valence electrons. The molecule has 1 aromatic carbocycles. The van der Waals surface area contributed by atoms with Crippen molar-refractivity contribution in [1.29, 1.82) is 0 Å². The SMILES string of the molecule is Cc1ccnc([C@@H]2CCCN2Cc2ccccc2)c1. The minimum absolute atomic E-state index is 0.486. The topological polar surface area (TPSA) is 16.1 Å². The number of pyridine rings is 1. The number of aryl methyl sites for hydroxylation is 1. The molecule has 0 N–H and O–H groups in total. The van der Waals surface area contributed by atoms with Gasteiger partial charge in [-0.25, -0.2) is 0 Å². The molecule has 1 aliphatic rings. The summed E-state index contributed by atoms with van der Waals surface area (Å²) in [5, 5.41) is 0. The van der Waals surface area contributed by atoms with Crippen molar-refractivity contribution in [2.45, 2.75) is 32.4 Å². The average molecular weight is 252 g/mol. The average Bonchev–Trinajstić information content (AvgIpc) is 2.88. The van der Waals surface area contributed by atoms with E-state index in [0.29, 0.717) is 6.04 Å². The van der Waals surface area contributed by atoms with Gasteiger partial charge in [0.25, 0.3) is 0 Å². The van der Waals surface area contributed by atoms with Crippen molar-refractivity contribution in [1.82, 2.24) is 9.88 Å². The third-order valence-corrected chi connectivity index (χ3v) is 3.87. The van der Waals surface area contributed by atoms with Gasteiger partial charge >= 0.3 is 0 Å². The molecule has 19 heavy (non-hydrogen) atoms. The van der Waals surface area contributed by atoms with Gasteiger partial charge < -0.3 is 0 Å². The monoisotopic (exact) mass is 252 g/mol. The van der Waals surface area contributed by atoms with Crippen LogP contribution in [0.5, 0.6) is 0 Å². The number of hydrogen-bond donors (Lipinski definition) is 0. The Labute approximate surface area is 115 Å². The number of hydrogen-bond acceptors (Lipinski definition) is 2. The molecule has 0 saturated carbocycles. The smallest absolute Gasteiger partial charge is 0.0578 e. The molecule has 2 heteroatoms. The third-order valence-electron chi connectivity index (χ3n) is 3.87. The van der Waals surface area contributed by atoms with E-state index in [9.17, 15) is 0 Å². The van der Waals surface area contributed by atoms with Crippen LogP contribution in [0.2, 0.25) is 0 Å². The van der Waals surface area contributed by atoms with Crippen molar-refractivity contribution in [2.75, 3.05) is 6.54 Å². The summed E-state index contributed by atoms with van der Waals surface area (Å²) in [6.07, 6.45) is 4.43. The molecule has 0 spiro atoms. The first-order valence-corrected chi connectivity index (χ1v) is 7.03. The van der Waals surface area contributed by atoms with Gasteiger partial charge in [0, 0.05) is 12.7 Å². The Morgan fingerprint density at radius 3 is 2.84 bits per heavy atom. The Hall–Kier alpha value is -1.67. The van der Waals surface area contributed by atoms with E-state index in [1.54, 1.807) is 0 Å². The fraction of sp³-hybridized carbons (Fsp3) is 0.353. The summed E-state index contributed by atoms with van der Waals surface area (Å²) in [7, 11) is 0. The summed E-state index contributed by atoms with van der Waals surface area (Å²) in [6, 6.07) is 15.5. The molecule has 2 aromatic rings. The molecule has 1 aliphatic heterocycles. The Bertz CT molecular complexity index is 536. The zero-order chi connectivity index (χ0) is 13.1. The lowest BCUT2D eigenvalue weighted by Crippen LogP contribution is -2.23. The quantitative estimate of drug-likeness (QED) is 0.827. The Kier molecular flexibility index (Phi) is 3.60. The molecule has 0 unspecified atom stereocenters. The van der Waals surface area contributed by atoms with Crippen LogP contribution < -0.4 is 0 Å². The van der Waals surface area contributed by atoms with Crippen LogP contribution in [-0.4, -0.2) is 16.4 Å². The van der Waals surface area contributed by atoms with Crippen molar-refractivity contribution >= 4 is 0 Å². The summed E-state index contributed by atoms with van der Waals surface area (Å²) >= 11 is 0. The molecule has 1 fully saturated rings. The van der Waals surface area contributed by atoms with Gasteiger partial charge in [0.15, 0.2) is 0 Å². The first-order chi connectivity index (χ1) is 9.33. The van der Waals surface area contributed by atoms with Gasteiger partial charge in [-0.1, -0.05) is 30.3 Å². The van der Waals surface area contributed by atoms with Gasteiger partial charge in [-0.3, -0.25) is 9.88 Å². The molecule has 2 heterocycles. The normalized spacial score (nSPS) is 19.7. The lowest BCUT2D eigenvalue weighted by atomic mass is 10.1. The Balaban J connectivity index is 1.78. The largest absolute Gasteiger partial charge is 0.291 e. The predicted octanol–water partition coefficient (Wildman–Crippen LogP) is 3.73. The van der Waals surface area contributed by atoms with Crippen LogP contribution in [0.25, 0.3) is 0 Å². The molecule has 0 bridgehead atoms. The molecule has 0 amide bonds. The van der Waals surface area contributed by atoms with Crippen LogP contribution in [0.3, 0.4) is 0 Å². The van der Waals surface area contributed by atoms with E-state index >= 15 is 0 Å². The lowest BCUT2D eigenvalue weighted by molar-refractivity contribution is 0.244. The van der Waals surface area contributed by atoms with Crippen molar-refractivity contribution < 1.29 is 0 Å². The molecular weight excluding hydrogens is 232 g/mol. The zero-order valence-corrected chi connectivity index (χ0v) is 11.4. The maximum Gasteiger partial charge on any atom is 0.0578 e. The molecule has 0 radical (unpaired) electrons. The van der Waals surface area contributed by atoms with E-state index in [-0.39, 0.29) is 0 Å². The second-order valence-corrected chi connectivity index (χ2v) is 5.37. The second kappa shape index (κ2) is 5.54. The standard InChI is InChI=1S/C17H20N2/c1-14-9-10-18-16(12-14)17-8-5-11-19(17)13-15-6-3-2-4-7-15/h2-4,6-7,9-10,12,17H,5,8,11,13H2,1H3/t17-/m0/s1. The van der Waals surface area contributed by atoms with Crippen molar-refractivity contribution in [3.8, 4) is 0 Å². The maximum absolute atomic E-state index is 4.57. The molecule has 0 aliphatic carbocycles. The summed E-state index contributed by atoms with van der Waals surface area (Å²) in [4.78, 5) is 7.12. The van der Waals surface area contributed by atoms with E-state index in [1.165, 1.54) is 36.2 Å². The summed E-state index contributed by atoms with van der Waals surface area (Å²) < 4.78 is 0. The van der Waals surface area contributed by atoms with E-state index in [1.807, 2.05) is 6.20 Å². The minimum atomic E-state index is 0.486. The van der Waals surface area contributed by atoms with Crippen LogP contribution in [0.4, 0.5) is 0 Å². The Morgan fingerprint density at radius 2 is 2.05 bits per heavy atom. The highest BCUT2D eigenvalue weighted by atomic mass is 15.2. The highest BCUT2D eigenvalue weighted by Gasteiger charge is 2.26. The fourth-order valence-electron chi connectivity index (χ4n) is 2.91. The molecule has 2 nitrogen and oxygen atoms in total.